The third kappa shape index (κ3) is 3.37. The zero-order valence-corrected chi connectivity index (χ0v) is 10.9. The summed E-state index contributed by atoms with van der Waals surface area (Å²) in [4.78, 5) is 24.9. The molecule has 1 aromatic rings. The highest BCUT2D eigenvalue weighted by atomic mass is 79.9. The number of aliphatic hydroxyl groups excluding tert-OH is 1. The van der Waals surface area contributed by atoms with Gasteiger partial charge in [-0.2, -0.15) is 0 Å². The van der Waals surface area contributed by atoms with Gasteiger partial charge in [0.1, 0.15) is 18.1 Å². The van der Waals surface area contributed by atoms with Crippen molar-refractivity contribution in [2.45, 2.75) is 6.04 Å². The average Bonchev–Trinajstić information content (AvgIpc) is 2.36. The van der Waals surface area contributed by atoms with Crippen molar-refractivity contribution in [1.82, 2.24) is 4.98 Å². The molecule has 1 rings (SSSR count). The van der Waals surface area contributed by atoms with E-state index in [0.29, 0.717) is 4.47 Å². The molecule has 98 valence electrons. The minimum absolute atomic E-state index is 0.189. The molecular formula is C9H10BrN3O5. The number of methoxy groups -OCH3 is 1. The van der Waals surface area contributed by atoms with E-state index in [0.717, 1.165) is 6.20 Å². The number of rotatable bonds is 5. The van der Waals surface area contributed by atoms with Crippen molar-refractivity contribution in [3.63, 3.8) is 0 Å². The highest BCUT2D eigenvalue weighted by molar-refractivity contribution is 9.10. The summed E-state index contributed by atoms with van der Waals surface area (Å²) >= 11 is 3.08. The number of ether oxygens (including phenoxy) is 1. The van der Waals surface area contributed by atoms with E-state index >= 15 is 0 Å². The molecule has 1 aromatic heterocycles. The molecule has 1 atom stereocenters. The van der Waals surface area contributed by atoms with Gasteiger partial charge in [0.05, 0.1) is 23.1 Å². The number of hydrogen-bond acceptors (Lipinski definition) is 7. The number of anilines is 1. The first-order valence-corrected chi connectivity index (χ1v) is 5.54. The van der Waals surface area contributed by atoms with E-state index in [4.69, 9.17) is 5.11 Å². The molecule has 0 amide bonds. The van der Waals surface area contributed by atoms with Crippen molar-refractivity contribution >= 4 is 33.4 Å². The van der Waals surface area contributed by atoms with E-state index in [-0.39, 0.29) is 11.5 Å². The lowest BCUT2D eigenvalue weighted by Gasteiger charge is -2.14. The molecule has 0 bridgehead atoms. The number of pyridine rings is 1. The number of nitrogens with zero attached hydrogens (tertiary/aromatic N) is 2. The second kappa shape index (κ2) is 6.26. The fourth-order valence-corrected chi connectivity index (χ4v) is 1.57. The van der Waals surface area contributed by atoms with Crippen molar-refractivity contribution in [3.8, 4) is 0 Å². The summed E-state index contributed by atoms with van der Waals surface area (Å²) in [6.45, 7) is -0.488. The van der Waals surface area contributed by atoms with Gasteiger partial charge in [0.25, 0.3) is 5.69 Å². The monoisotopic (exact) mass is 319 g/mol. The fourth-order valence-electron chi connectivity index (χ4n) is 1.12. The van der Waals surface area contributed by atoms with Crippen molar-refractivity contribution in [2.24, 2.45) is 0 Å². The maximum Gasteiger partial charge on any atom is 0.330 e. The Labute approximate surface area is 110 Å². The molecule has 0 aromatic carbocycles. The summed E-state index contributed by atoms with van der Waals surface area (Å²) in [6, 6.07) is 0.251. The number of carbonyl (C=O) groups excluding carboxylic acids is 1. The van der Waals surface area contributed by atoms with Crippen LogP contribution in [0.15, 0.2) is 16.7 Å². The van der Waals surface area contributed by atoms with E-state index in [1.807, 2.05) is 0 Å². The molecule has 2 N–H and O–H groups in total. The number of nitro groups is 1. The smallest absolute Gasteiger partial charge is 0.330 e. The largest absolute Gasteiger partial charge is 0.467 e. The second-order valence-corrected chi connectivity index (χ2v) is 4.04. The molecule has 0 saturated heterocycles. The molecule has 18 heavy (non-hydrogen) atoms. The van der Waals surface area contributed by atoms with Gasteiger partial charge in [-0.3, -0.25) is 10.1 Å². The summed E-state index contributed by atoms with van der Waals surface area (Å²) in [5, 5.41) is 22.1. The maximum absolute atomic E-state index is 11.2. The van der Waals surface area contributed by atoms with Crippen molar-refractivity contribution in [2.75, 3.05) is 19.0 Å². The Bertz CT molecular complexity index is 468. The zero-order chi connectivity index (χ0) is 13.7. The first-order chi connectivity index (χ1) is 8.49. The van der Waals surface area contributed by atoms with Gasteiger partial charge < -0.3 is 15.2 Å². The van der Waals surface area contributed by atoms with Gasteiger partial charge in [0, 0.05) is 6.07 Å². The molecule has 0 spiro atoms. The lowest BCUT2D eigenvalue weighted by molar-refractivity contribution is -0.385. The Balaban J connectivity index is 2.90. The Morgan fingerprint density at radius 3 is 2.89 bits per heavy atom. The second-order valence-electron chi connectivity index (χ2n) is 3.18. The molecule has 0 fully saturated rings. The minimum Gasteiger partial charge on any atom is -0.467 e. The Morgan fingerprint density at radius 1 is 1.78 bits per heavy atom. The summed E-state index contributed by atoms with van der Waals surface area (Å²) in [6.07, 6.45) is 1.04. The van der Waals surface area contributed by atoms with Crippen molar-refractivity contribution in [1.29, 1.82) is 0 Å². The lowest BCUT2D eigenvalue weighted by Crippen LogP contribution is -2.34. The maximum atomic E-state index is 11.2. The first kappa shape index (κ1) is 14.3. The molecule has 0 saturated carbocycles. The third-order valence-corrected chi connectivity index (χ3v) is 2.62. The quantitative estimate of drug-likeness (QED) is 0.466. The van der Waals surface area contributed by atoms with E-state index in [1.54, 1.807) is 0 Å². The minimum atomic E-state index is -0.986. The van der Waals surface area contributed by atoms with Crippen LogP contribution >= 0.6 is 15.9 Å². The predicted molar refractivity (Wildman–Crippen MR) is 65.1 cm³/mol. The summed E-state index contributed by atoms with van der Waals surface area (Å²) in [7, 11) is 1.19. The average molecular weight is 320 g/mol. The Kier molecular flexibility index (Phi) is 4.98. The number of carbonyl (C=O) groups is 1. The van der Waals surface area contributed by atoms with Gasteiger partial charge in [-0.05, 0) is 15.9 Å². The number of nitrogens with one attached hydrogen (secondary N) is 1. The number of esters is 1. The summed E-state index contributed by atoms with van der Waals surface area (Å²) in [5.41, 5.74) is -0.189. The van der Waals surface area contributed by atoms with Gasteiger partial charge >= 0.3 is 5.97 Å². The molecule has 0 radical (unpaired) electrons. The van der Waals surface area contributed by atoms with Crippen LogP contribution in [0.3, 0.4) is 0 Å². The molecule has 1 unspecified atom stereocenters. The van der Waals surface area contributed by atoms with E-state index in [2.05, 4.69) is 31.0 Å². The zero-order valence-electron chi connectivity index (χ0n) is 9.29. The summed E-state index contributed by atoms with van der Waals surface area (Å²) in [5.74, 6) is -0.463. The SMILES string of the molecule is COC(=O)C(CO)Nc1ncc([N+](=O)[O-])cc1Br. The number of hydrogen-bond donors (Lipinski definition) is 2. The lowest BCUT2D eigenvalue weighted by atomic mass is 10.3. The van der Waals surface area contributed by atoms with Crippen LogP contribution in [0.5, 0.6) is 0 Å². The highest BCUT2D eigenvalue weighted by Gasteiger charge is 2.20. The van der Waals surface area contributed by atoms with Crippen LogP contribution in [0, 0.1) is 10.1 Å². The van der Waals surface area contributed by atoms with Crippen LogP contribution < -0.4 is 5.32 Å². The van der Waals surface area contributed by atoms with E-state index < -0.39 is 23.5 Å². The molecule has 1 heterocycles. The van der Waals surface area contributed by atoms with Gasteiger partial charge in [0.15, 0.2) is 0 Å². The van der Waals surface area contributed by atoms with E-state index in [1.165, 1.54) is 13.2 Å². The van der Waals surface area contributed by atoms with Crippen LogP contribution in [-0.2, 0) is 9.53 Å². The van der Waals surface area contributed by atoms with Gasteiger partial charge in [0.2, 0.25) is 0 Å². The number of aromatic nitrogens is 1. The molecule has 0 aliphatic rings. The van der Waals surface area contributed by atoms with Gasteiger partial charge in [-0.25, -0.2) is 9.78 Å². The van der Waals surface area contributed by atoms with Gasteiger partial charge in [-0.1, -0.05) is 0 Å². The van der Waals surface area contributed by atoms with Crippen LogP contribution in [-0.4, -0.2) is 40.7 Å². The van der Waals surface area contributed by atoms with Gasteiger partial charge in [-0.15, -0.1) is 0 Å². The fraction of sp³-hybridized carbons (Fsp3) is 0.333. The molecule has 9 heteroatoms. The van der Waals surface area contributed by atoms with Crippen LogP contribution in [0.2, 0.25) is 0 Å². The summed E-state index contributed by atoms with van der Waals surface area (Å²) < 4.78 is 4.77. The standard InChI is InChI=1S/C9H10BrN3O5/c1-18-9(15)7(4-14)12-8-6(10)2-5(3-11-8)13(16)17/h2-3,7,14H,4H2,1H3,(H,11,12). The number of aliphatic hydroxyl groups is 1. The predicted octanol–water partition coefficient (Wildman–Crippen LogP) is 0.698. The van der Waals surface area contributed by atoms with E-state index in [9.17, 15) is 14.9 Å². The van der Waals surface area contributed by atoms with Crippen molar-refractivity contribution < 1.29 is 19.6 Å². The van der Waals surface area contributed by atoms with Crippen LogP contribution in [0.1, 0.15) is 0 Å². The van der Waals surface area contributed by atoms with Crippen molar-refractivity contribution in [3.05, 3.63) is 26.9 Å². The van der Waals surface area contributed by atoms with Crippen LogP contribution in [0.4, 0.5) is 11.5 Å². The molecule has 0 aliphatic heterocycles. The molecule has 8 nitrogen and oxygen atoms in total. The normalized spacial score (nSPS) is 11.7. The Morgan fingerprint density at radius 2 is 2.44 bits per heavy atom. The topological polar surface area (TPSA) is 115 Å². The van der Waals surface area contributed by atoms with Crippen LogP contribution in [0.25, 0.3) is 0 Å². The number of halogens is 1. The third-order valence-electron chi connectivity index (χ3n) is 2.02. The first-order valence-electron chi connectivity index (χ1n) is 4.74. The molecular weight excluding hydrogens is 310 g/mol. The highest BCUT2D eigenvalue weighted by Crippen LogP contribution is 2.24. The molecule has 0 aliphatic carbocycles. The Hall–Kier alpha value is -1.74.